The van der Waals surface area contributed by atoms with Crippen molar-refractivity contribution in [3.8, 4) is 0 Å². The van der Waals surface area contributed by atoms with E-state index in [0.717, 1.165) is 77.0 Å². The molecular weight excluding hydrogens is 572 g/mol. The van der Waals surface area contributed by atoms with E-state index in [2.05, 4.69) is 86.8 Å². The van der Waals surface area contributed by atoms with Crippen molar-refractivity contribution in [2.75, 3.05) is 13.2 Å². The zero-order valence-electron chi connectivity index (χ0n) is 29.6. The van der Waals surface area contributed by atoms with Crippen molar-refractivity contribution in [1.29, 1.82) is 0 Å². The number of hydrogen-bond donors (Lipinski definition) is 1. The number of hydrogen-bond acceptors (Lipinski definition) is 5. The van der Waals surface area contributed by atoms with Gasteiger partial charge in [-0.2, -0.15) is 0 Å². The molecule has 0 aliphatic heterocycles. The van der Waals surface area contributed by atoms with Crippen LogP contribution < -0.4 is 0 Å². The quantitative estimate of drug-likeness (QED) is 0.0450. The molecular formula is C41H68O5. The van der Waals surface area contributed by atoms with Crippen LogP contribution in [0.3, 0.4) is 0 Å². The summed E-state index contributed by atoms with van der Waals surface area (Å²) in [6, 6.07) is 0. The minimum Gasteiger partial charge on any atom is -0.462 e. The number of allylic oxidation sites excluding steroid dienone is 12. The number of unbranched alkanes of at least 4 members (excludes halogenated alkanes) is 12. The Morgan fingerprint density at radius 1 is 0.500 bits per heavy atom. The van der Waals surface area contributed by atoms with Crippen molar-refractivity contribution in [2.24, 2.45) is 0 Å². The third-order valence-electron chi connectivity index (χ3n) is 7.47. The molecule has 0 amide bonds. The lowest BCUT2D eigenvalue weighted by atomic mass is 10.1. The van der Waals surface area contributed by atoms with E-state index in [0.29, 0.717) is 12.8 Å². The minimum absolute atomic E-state index is 0.0987. The highest BCUT2D eigenvalue weighted by Gasteiger charge is 2.16. The first kappa shape index (κ1) is 43.3. The topological polar surface area (TPSA) is 72.8 Å². The molecule has 1 N–H and O–H groups in total. The fraction of sp³-hybridized carbons (Fsp3) is 0.659. The molecule has 0 heterocycles. The molecule has 5 heteroatoms. The summed E-state index contributed by atoms with van der Waals surface area (Å²) in [5, 5.41) is 9.53. The summed E-state index contributed by atoms with van der Waals surface area (Å²) in [6.45, 7) is 4.00. The molecule has 0 saturated heterocycles. The Morgan fingerprint density at radius 3 is 1.33 bits per heavy atom. The smallest absolute Gasteiger partial charge is 0.306 e. The minimum atomic E-state index is -0.801. The Balaban J connectivity index is 3.72. The van der Waals surface area contributed by atoms with Gasteiger partial charge in [0.25, 0.3) is 0 Å². The second-order valence-corrected chi connectivity index (χ2v) is 11.9. The van der Waals surface area contributed by atoms with Crippen molar-refractivity contribution in [2.45, 2.75) is 161 Å². The van der Waals surface area contributed by atoms with E-state index in [1.165, 1.54) is 51.4 Å². The van der Waals surface area contributed by atoms with Gasteiger partial charge >= 0.3 is 11.9 Å². The second-order valence-electron chi connectivity index (χ2n) is 11.9. The number of carbonyl (C=O) groups excluding carboxylic acids is 2. The molecule has 1 atom stereocenters. The second kappa shape index (κ2) is 36.8. The van der Waals surface area contributed by atoms with Crippen LogP contribution in [0, 0.1) is 0 Å². The number of aliphatic hydroxyl groups excluding tert-OH is 1. The van der Waals surface area contributed by atoms with Gasteiger partial charge in [0.1, 0.15) is 6.61 Å². The van der Waals surface area contributed by atoms with Gasteiger partial charge in [0.15, 0.2) is 6.10 Å². The van der Waals surface area contributed by atoms with Gasteiger partial charge in [-0.1, -0.05) is 125 Å². The summed E-state index contributed by atoms with van der Waals surface area (Å²) in [4.78, 5) is 24.2. The van der Waals surface area contributed by atoms with E-state index < -0.39 is 6.10 Å². The van der Waals surface area contributed by atoms with Crippen molar-refractivity contribution in [3.63, 3.8) is 0 Å². The molecule has 0 aromatic rings. The number of rotatable bonds is 32. The molecule has 262 valence electrons. The van der Waals surface area contributed by atoms with Gasteiger partial charge in [-0.15, -0.1) is 0 Å². The summed E-state index contributed by atoms with van der Waals surface area (Å²) in [5.41, 5.74) is 0. The monoisotopic (exact) mass is 641 g/mol. The van der Waals surface area contributed by atoms with Crippen LogP contribution in [0.15, 0.2) is 72.9 Å². The molecule has 46 heavy (non-hydrogen) atoms. The maximum Gasteiger partial charge on any atom is 0.306 e. The molecule has 0 bridgehead atoms. The van der Waals surface area contributed by atoms with Crippen LogP contribution >= 0.6 is 0 Å². The molecule has 0 aliphatic carbocycles. The fourth-order valence-electron chi connectivity index (χ4n) is 4.62. The third kappa shape index (κ3) is 34.2. The highest BCUT2D eigenvalue weighted by molar-refractivity contribution is 5.70. The highest BCUT2D eigenvalue weighted by Crippen LogP contribution is 2.09. The molecule has 0 aliphatic rings. The summed E-state index contributed by atoms with van der Waals surface area (Å²) in [6.07, 6.45) is 48.1. The standard InChI is InChI=1S/C41H68O5/c1-3-5-7-9-11-13-15-17-19-20-22-24-26-28-30-32-34-36-41(44)46-39(37-42)38-45-40(43)35-33-31-29-27-25-23-21-18-16-14-12-10-8-6-4-2/h11-14,17-19,21-22,24-25,27,39,42H,3-10,15-16,20,23,26,28-38H2,1-2H3/t39-/m0/s1. The number of ether oxygens (including phenoxy) is 2. The zero-order valence-corrected chi connectivity index (χ0v) is 29.6. The van der Waals surface area contributed by atoms with Crippen LogP contribution in [0.1, 0.15) is 155 Å². The maximum atomic E-state index is 12.1. The normalized spacial score (nSPS) is 13.0. The first-order valence-electron chi connectivity index (χ1n) is 18.5. The zero-order chi connectivity index (χ0) is 33.6. The van der Waals surface area contributed by atoms with E-state index >= 15 is 0 Å². The Hall–Kier alpha value is -2.66. The summed E-state index contributed by atoms with van der Waals surface area (Å²) < 4.78 is 10.5. The largest absolute Gasteiger partial charge is 0.462 e. The molecule has 5 nitrogen and oxygen atoms in total. The lowest BCUT2D eigenvalue weighted by Gasteiger charge is -2.15. The van der Waals surface area contributed by atoms with E-state index in [1.807, 2.05) is 0 Å². The molecule has 0 radical (unpaired) electrons. The first-order valence-corrected chi connectivity index (χ1v) is 18.5. The van der Waals surface area contributed by atoms with E-state index in [-0.39, 0.29) is 25.2 Å². The van der Waals surface area contributed by atoms with Crippen LogP contribution in [-0.2, 0) is 19.1 Å². The van der Waals surface area contributed by atoms with E-state index in [9.17, 15) is 14.7 Å². The van der Waals surface area contributed by atoms with Gasteiger partial charge < -0.3 is 14.6 Å². The maximum absolute atomic E-state index is 12.1. The van der Waals surface area contributed by atoms with Crippen molar-refractivity contribution < 1.29 is 24.2 Å². The molecule has 0 spiro atoms. The van der Waals surface area contributed by atoms with Crippen LogP contribution in [-0.4, -0.2) is 36.4 Å². The molecule has 0 unspecified atom stereocenters. The molecule has 0 saturated carbocycles. The highest BCUT2D eigenvalue weighted by atomic mass is 16.6. The van der Waals surface area contributed by atoms with Crippen molar-refractivity contribution >= 4 is 11.9 Å². The Morgan fingerprint density at radius 2 is 0.870 bits per heavy atom. The van der Waals surface area contributed by atoms with Gasteiger partial charge in [-0.05, 0) is 89.9 Å². The SMILES string of the molecule is CCCCCC=CCC=CCC=CCCCCCCC(=O)O[C@@H](CO)COC(=O)CCCCC=CCC=CCC=CCCCCC. The van der Waals surface area contributed by atoms with Gasteiger partial charge in [0.05, 0.1) is 6.61 Å². The Kier molecular flexibility index (Phi) is 34.7. The van der Waals surface area contributed by atoms with Crippen molar-refractivity contribution in [1.82, 2.24) is 0 Å². The predicted molar refractivity (Wildman–Crippen MR) is 196 cm³/mol. The number of carbonyl (C=O) groups is 2. The third-order valence-corrected chi connectivity index (χ3v) is 7.47. The molecule has 0 aromatic heterocycles. The predicted octanol–water partition coefficient (Wildman–Crippen LogP) is 11.4. The average Bonchev–Trinajstić information content (AvgIpc) is 3.06. The summed E-state index contributed by atoms with van der Waals surface area (Å²) >= 11 is 0. The number of aliphatic hydroxyl groups is 1. The lowest BCUT2D eigenvalue weighted by Crippen LogP contribution is -2.28. The Bertz CT molecular complexity index is 864. The van der Waals surface area contributed by atoms with E-state index in [1.54, 1.807) is 0 Å². The van der Waals surface area contributed by atoms with Gasteiger partial charge in [0, 0.05) is 12.8 Å². The molecule has 0 rings (SSSR count). The van der Waals surface area contributed by atoms with Crippen LogP contribution in [0.2, 0.25) is 0 Å². The molecule has 0 fully saturated rings. The van der Waals surface area contributed by atoms with Crippen LogP contribution in [0.5, 0.6) is 0 Å². The van der Waals surface area contributed by atoms with Crippen molar-refractivity contribution in [3.05, 3.63) is 72.9 Å². The van der Waals surface area contributed by atoms with E-state index in [4.69, 9.17) is 9.47 Å². The van der Waals surface area contributed by atoms with Crippen LogP contribution in [0.25, 0.3) is 0 Å². The summed E-state index contributed by atoms with van der Waals surface area (Å²) in [7, 11) is 0. The van der Waals surface area contributed by atoms with Gasteiger partial charge in [0.2, 0.25) is 0 Å². The summed E-state index contributed by atoms with van der Waals surface area (Å²) in [5.74, 6) is -0.669. The van der Waals surface area contributed by atoms with Crippen LogP contribution in [0.4, 0.5) is 0 Å². The molecule has 0 aromatic carbocycles. The average molecular weight is 641 g/mol. The fourth-order valence-corrected chi connectivity index (χ4v) is 4.62. The Labute approximate surface area is 283 Å². The number of esters is 2. The lowest BCUT2D eigenvalue weighted by molar-refractivity contribution is -0.161. The first-order chi connectivity index (χ1) is 22.6. The van der Waals surface area contributed by atoms with Gasteiger partial charge in [-0.25, -0.2) is 0 Å². The van der Waals surface area contributed by atoms with Gasteiger partial charge in [-0.3, -0.25) is 9.59 Å².